The lowest BCUT2D eigenvalue weighted by Gasteiger charge is -2.41. The quantitative estimate of drug-likeness (QED) is 0.637. The summed E-state index contributed by atoms with van der Waals surface area (Å²) in [4.78, 5) is 33.4. The van der Waals surface area contributed by atoms with E-state index in [9.17, 15) is 9.59 Å². The number of carbonyl (C=O) groups excluding carboxylic acids is 2. The second-order valence-corrected chi connectivity index (χ2v) is 12.7. The molecule has 30 heavy (non-hydrogen) atoms. The number of nitrogens with zero attached hydrogens (tertiary/aromatic N) is 3. The summed E-state index contributed by atoms with van der Waals surface area (Å²) < 4.78 is 1.17. The molecule has 2 saturated heterocycles. The van der Waals surface area contributed by atoms with Crippen LogP contribution < -0.4 is 5.32 Å². The van der Waals surface area contributed by atoms with E-state index >= 15 is 0 Å². The van der Waals surface area contributed by atoms with Crippen LogP contribution in [-0.4, -0.2) is 65.0 Å². The zero-order valence-corrected chi connectivity index (χ0v) is 20.6. The molecule has 3 amide bonds. The van der Waals surface area contributed by atoms with Gasteiger partial charge in [0.25, 0.3) is 5.91 Å². The molecule has 0 atom stereocenters. The fourth-order valence-electron chi connectivity index (χ4n) is 5.07. The summed E-state index contributed by atoms with van der Waals surface area (Å²) in [5, 5.41) is 3.07. The first kappa shape index (κ1) is 22.2. The highest BCUT2D eigenvalue weighted by Gasteiger charge is 2.53. The first-order chi connectivity index (χ1) is 14.2. The van der Waals surface area contributed by atoms with E-state index < -0.39 is 5.54 Å². The Morgan fingerprint density at radius 3 is 2.30 bits per heavy atom. The van der Waals surface area contributed by atoms with Gasteiger partial charge in [0.2, 0.25) is 0 Å². The molecule has 2 aliphatic heterocycles. The summed E-state index contributed by atoms with van der Waals surface area (Å²) in [7, 11) is 0. The third-order valence-corrected chi connectivity index (χ3v) is 8.73. The number of urea groups is 1. The second-order valence-electron chi connectivity index (χ2n) is 10.1. The fraction of sp³-hybridized carbons (Fsp3) is 0.727. The maximum atomic E-state index is 13.2. The van der Waals surface area contributed by atoms with E-state index in [0.717, 1.165) is 58.4 Å². The van der Waals surface area contributed by atoms with Gasteiger partial charge in [-0.15, -0.1) is 11.3 Å². The molecule has 1 aromatic rings. The molecule has 6 nitrogen and oxygen atoms in total. The highest BCUT2D eigenvalue weighted by molar-refractivity contribution is 9.11. The monoisotopic (exact) mass is 496 g/mol. The van der Waals surface area contributed by atoms with Gasteiger partial charge in [0, 0.05) is 37.6 Å². The van der Waals surface area contributed by atoms with Crippen molar-refractivity contribution in [3.05, 3.63) is 20.8 Å². The Morgan fingerprint density at radius 2 is 1.73 bits per heavy atom. The van der Waals surface area contributed by atoms with Gasteiger partial charge in [0.05, 0.1) is 10.5 Å². The molecule has 0 bridgehead atoms. The number of halogens is 1. The van der Waals surface area contributed by atoms with Crippen molar-refractivity contribution in [2.75, 3.05) is 32.8 Å². The van der Waals surface area contributed by atoms with Crippen LogP contribution in [0.1, 0.15) is 51.3 Å². The molecule has 4 rings (SSSR count). The lowest BCUT2D eigenvalue weighted by molar-refractivity contribution is -0.134. The molecule has 8 heteroatoms. The minimum absolute atomic E-state index is 0.00859. The van der Waals surface area contributed by atoms with Crippen LogP contribution in [0.15, 0.2) is 15.9 Å². The Kier molecular flexibility index (Phi) is 6.32. The van der Waals surface area contributed by atoms with Gasteiger partial charge in [0.15, 0.2) is 0 Å². The number of piperazine rings is 1. The molecule has 0 aromatic carbocycles. The number of hydrogen-bond donors (Lipinski definition) is 1. The molecule has 1 saturated carbocycles. The average Bonchev–Trinajstić information content (AvgIpc) is 3.19. The van der Waals surface area contributed by atoms with E-state index in [1.807, 2.05) is 0 Å². The Hall–Kier alpha value is -0.960. The van der Waals surface area contributed by atoms with Crippen molar-refractivity contribution in [1.29, 1.82) is 0 Å². The Labute approximate surface area is 192 Å². The van der Waals surface area contributed by atoms with Gasteiger partial charge in [-0.2, -0.15) is 0 Å². The Morgan fingerprint density at radius 1 is 1.10 bits per heavy atom. The van der Waals surface area contributed by atoms with Gasteiger partial charge in [-0.1, -0.05) is 20.8 Å². The van der Waals surface area contributed by atoms with Crippen LogP contribution in [0.25, 0.3) is 0 Å². The molecule has 0 radical (unpaired) electrons. The van der Waals surface area contributed by atoms with Gasteiger partial charge in [-0.3, -0.25) is 14.6 Å². The van der Waals surface area contributed by atoms with Gasteiger partial charge < -0.3 is 5.32 Å². The van der Waals surface area contributed by atoms with Gasteiger partial charge >= 0.3 is 6.03 Å². The third kappa shape index (κ3) is 4.61. The Balaban J connectivity index is 1.29. The third-order valence-electron chi connectivity index (χ3n) is 7.12. The molecule has 1 aliphatic carbocycles. The van der Waals surface area contributed by atoms with Gasteiger partial charge in [0.1, 0.15) is 5.54 Å². The summed E-state index contributed by atoms with van der Waals surface area (Å²) in [6.45, 7) is 11.9. The fourth-order valence-corrected chi connectivity index (χ4v) is 6.59. The lowest BCUT2D eigenvalue weighted by atomic mass is 9.67. The molecule has 3 aliphatic rings. The number of carbonyl (C=O) groups is 2. The summed E-state index contributed by atoms with van der Waals surface area (Å²) in [5.41, 5.74) is -0.404. The smallest absolute Gasteiger partial charge is 0.323 e. The van der Waals surface area contributed by atoms with E-state index in [2.05, 4.69) is 64.0 Å². The van der Waals surface area contributed by atoms with Crippen molar-refractivity contribution in [3.63, 3.8) is 0 Å². The first-order valence-corrected chi connectivity index (χ1v) is 12.6. The Bertz CT molecular complexity index is 789. The number of amides is 3. The SMILES string of the molecule is CC(C)(C)C1CCC2(CC1)NC(=O)N(CN1CCN(Cc3ccc(Br)s3)CC1)C2=O. The first-order valence-electron chi connectivity index (χ1n) is 11.0. The maximum Gasteiger partial charge on any atom is 0.326 e. The zero-order chi connectivity index (χ0) is 21.5. The molecule has 1 N–H and O–H groups in total. The number of thiophene rings is 1. The lowest BCUT2D eigenvalue weighted by Crippen LogP contribution is -2.53. The zero-order valence-electron chi connectivity index (χ0n) is 18.2. The molecular formula is C22H33BrN4O2S. The molecule has 0 unspecified atom stereocenters. The largest absolute Gasteiger partial charge is 0.326 e. The van der Waals surface area contributed by atoms with Crippen LogP contribution in [0.4, 0.5) is 4.79 Å². The van der Waals surface area contributed by atoms with Crippen molar-refractivity contribution in [2.45, 2.75) is 58.5 Å². The number of nitrogens with one attached hydrogen (secondary N) is 1. The van der Waals surface area contributed by atoms with E-state index in [-0.39, 0.29) is 17.4 Å². The minimum atomic E-state index is -0.660. The normalized spacial score (nSPS) is 29.1. The molecule has 3 fully saturated rings. The van der Waals surface area contributed by atoms with Crippen LogP contribution in [0.5, 0.6) is 0 Å². The molecule has 1 aromatic heterocycles. The topological polar surface area (TPSA) is 55.9 Å². The summed E-state index contributed by atoms with van der Waals surface area (Å²) in [5.74, 6) is 0.602. The maximum absolute atomic E-state index is 13.2. The highest BCUT2D eigenvalue weighted by atomic mass is 79.9. The second kappa shape index (κ2) is 8.52. The number of imide groups is 1. The molecule has 1 spiro atoms. The van der Waals surface area contributed by atoms with Crippen LogP contribution >= 0.6 is 27.3 Å². The van der Waals surface area contributed by atoms with Gasteiger partial charge in [-0.05, 0) is 65.1 Å². The summed E-state index contributed by atoms with van der Waals surface area (Å²) in [6, 6.07) is 4.06. The average molecular weight is 498 g/mol. The minimum Gasteiger partial charge on any atom is -0.323 e. The van der Waals surface area contributed by atoms with Crippen molar-refractivity contribution < 1.29 is 9.59 Å². The highest BCUT2D eigenvalue weighted by Crippen LogP contribution is 2.43. The standard InChI is InChI=1S/C22H33BrN4O2S/c1-21(2,3)16-6-8-22(9-7-16)19(28)27(20(29)24-22)15-26-12-10-25(11-13-26)14-17-4-5-18(23)30-17/h4-5,16H,6-15H2,1-3H3,(H,24,29). The van der Waals surface area contributed by atoms with Crippen molar-refractivity contribution >= 4 is 39.2 Å². The predicted octanol–water partition coefficient (Wildman–Crippen LogP) is 4.11. The number of rotatable bonds is 4. The van der Waals surface area contributed by atoms with E-state index in [0.29, 0.717) is 12.6 Å². The van der Waals surface area contributed by atoms with Gasteiger partial charge in [-0.25, -0.2) is 9.69 Å². The van der Waals surface area contributed by atoms with Crippen molar-refractivity contribution in [2.24, 2.45) is 11.3 Å². The summed E-state index contributed by atoms with van der Waals surface area (Å²) in [6.07, 6.45) is 3.53. The molecule has 166 valence electrons. The summed E-state index contributed by atoms with van der Waals surface area (Å²) >= 11 is 5.30. The van der Waals surface area contributed by atoms with Crippen LogP contribution in [0.2, 0.25) is 0 Å². The molecule has 3 heterocycles. The van der Waals surface area contributed by atoms with E-state index in [4.69, 9.17) is 0 Å². The van der Waals surface area contributed by atoms with Crippen LogP contribution in [0, 0.1) is 11.3 Å². The van der Waals surface area contributed by atoms with E-state index in [1.165, 1.54) is 13.6 Å². The number of hydrogen-bond acceptors (Lipinski definition) is 5. The molecular weight excluding hydrogens is 464 g/mol. The van der Waals surface area contributed by atoms with Crippen LogP contribution in [-0.2, 0) is 11.3 Å². The van der Waals surface area contributed by atoms with E-state index in [1.54, 1.807) is 11.3 Å². The van der Waals surface area contributed by atoms with Crippen molar-refractivity contribution in [1.82, 2.24) is 20.0 Å². The van der Waals surface area contributed by atoms with Crippen LogP contribution in [0.3, 0.4) is 0 Å². The van der Waals surface area contributed by atoms with Crippen molar-refractivity contribution in [3.8, 4) is 0 Å². The predicted molar refractivity (Wildman–Crippen MR) is 123 cm³/mol.